The van der Waals surface area contributed by atoms with Crippen LogP contribution in [0.5, 0.6) is 0 Å². The third kappa shape index (κ3) is 3.25. The molecule has 0 aliphatic rings. The number of nitro groups is 1. The second-order valence-corrected chi connectivity index (χ2v) is 5.76. The lowest BCUT2D eigenvalue weighted by Gasteiger charge is -2.22. The van der Waals surface area contributed by atoms with Gasteiger partial charge in [-0.2, -0.15) is 11.8 Å². The summed E-state index contributed by atoms with van der Waals surface area (Å²) in [6.07, 6.45) is 3.51. The van der Waals surface area contributed by atoms with E-state index in [1.54, 1.807) is 30.5 Å². The smallest absolute Gasteiger partial charge is 0.301 e. The summed E-state index contributed by atoms with van der Waals surface area (Å²) in [5.74, 6) is 0. The van der Waals surface area contributed by atoms with Gasteiger partial charge in [0.2, 0.25) is 0 Å². The second-order valence-electron chi connectivity index (χ2n) is 4.68. The molecule has 0 saturated carbocycles. The van der Waals surface area contributed by atoms with Gasteiger partial charge in [0.25, 0.3) is 0 Å². The largest absolute Gasteiger partial charge is 0.395 e. The molecular weight excluding hydrogens is 290 g/mol. The monoisotopic (exact) mass is 307 g/mol. The third-order valence-electron chi connectivity index (χ3n) is 3.36. The van der Waals surface area contributed by atoms with Crippen molar-refractivity contribution in [1.82, 2.24) is 4.98 Å². The molecule has 0 radical (unpaired) electrons. The van der Waals surface area contributed by atoms with Crippen LogP contribution >= 0.6 is 11.8 Å². The minimum absolute atomic E-state index is 0.0122. The lowest BCUT2D eigenvalue weighted by atomic mass is 10.1. The molecule has 1 heterocycles. The summed E-state index contributed by atoms with van der Waals surface area (Å²) in [6, 6.07) is 6.69. The highest BCUT2D eigenvalue weighted by molar-refractivity contribution is 7.99. The quantitative estimate of drug-likeness (QED) is 0.630. The molecule has 2 rings (SSSR count). The van der Waals surface area contributed by atoms with Gasteiger partial charge in [-0.1, -0.05) is 0 Å². The van der Waals surface area contributed by atoms with Crippen molar-refractivity contribution >= 4 is 34.0 Å². The Morgan fingerprint density at radius 1 is 1.48 bits per heavy atom. The number of aliphatic hydroxyl groups is 1. The summed E-state index contributed by atoms with van der Waals surface area (Å²) in [6.45, 7) is 1.91. The molecule has 0 spiro atoms. The van der Waals surface area contributed by atoms with Gasteiger partial charge in [0.05, 0.1) is 22.4 Å². The van der Waals surface area contributed by atoms with Crippen molar-refractivity contribution < 1.29 is 10.0 Å². The summed E-state index contributed by atoms with van der Waals surface area (Å²) in [4.78, 5) is 15.1. The van der Waals surface area contributed by atoms with E-state index in [0.29, 0.717) is 16.6 Å². The SMILES string of the molecule is CS[C@@H](CO)[C@@H](C)Nc1ccc2ncccc2c1[N+](=O)[O-]. The normalized spacial score (nSPS) is 13.9. The summed E-state index contributed by atoms with van der Waals surface area (Å²) in [7, 11) is 0. The Morgan fingerprint density at radius 2 is 2.24 bits per heavy atom. The molecule has 21 heavy (non-hydrogen) atoms. The number of thioether (sulfide) groups is 1. The highest BCUT2D eigenvalue weighted by Crippen LogP contribution is 2.33. The first-order valence-corrected chi connectivity index (χ1v) is 7.79. The first-order chi connectivity index (χ1) is 10.1. The Labute approximate surface area is 126 Å². The average Bonchev–Trinajstić information content (AvgIpc) is 2.47. The van der Waals surface area contributed by atoms with Crippen molar-refractivity contribution in [2.75, 3.05) is 18.2 Å². The van der Waals surface area contributed by atoms with Crippen LogP contribution in [0.3, 0.4) is 0 Å². The van der Waals surface area contributed by atoms with Crippen LogP contribution in [0.4, 0.5) is 11.4 Å². The topological polar surface area (TPSA) is 88.3 Å². The number of benzene rings is 1. The number of nitro benzene ring substituents is 1. The Hall–Kier alpha value is -1.86. The van der Waals surface area contributed by atoms with Gasteiger partial charge in [0.15, 0.2) is 0 Å². The number of hydrogen-bond acceptors (Lipinski definition) is 6. The Bertz CT molecular complexity index is 646. The maximum absolute atomic E-state index is 11.4. The minimum Gasteiger partial charge on any atom is -0.395 e. The molecule has 0 bridgehead atoms. The standard InChI is InChI=1S/C14H17N3O3S/c1-9(13(8-18)21-2)16-12-6-5-11-10(4-3-7-15-11)14(12)17(19)20/h3-7,9,13,16,18H,8H2,1-2H3/t9-,13+/m1/s1. The Balaban J connectivity index is 2.44. The zero-order valence-electron chi connectivity index (χ0n) is 11.8. The molecule has 7 heteroatoms. The van der Waals surface area contributed by atoms with Crippen LogP contribution in [0.1, 0.15) is 6.92 Å². The first kappa shape index (κ1) is 15.5. The van der Waals surface area contributed by atoms with E-state index in [2.05, 4.69) is 10.3 Å². The number of nitrogens with zero attached hydrogens (tertiary/aromatic N) is 2. The van der Waals surface area contributed by atoms with Gasteiger partial charge < -0.3 is 10.4 Å². The molecule has 0 unspecified atom stereocenters. The van der Waals surface area contributed by atoms with Crippen LogP contribution in [0.2, 0.25) is 0 Å². The van der Waals surface area contributed by atoms with Gasteiger partial charge in [0, 0.05) is 17.5 Å². The molecular formula is C14H17N3O3S. The first-order valence-electron chi connectivity index (χ1n) is 6.50. The molecule has 0 amide bonds. The van der Waals surface area contributed by atoms with E-state index in [1.165, 1.54) is 11.8 Å². The maximum Gasteiger partial charge on any atom is 0.301 e. The molecule has 6 nitrogen and oxygen atoms in total. The van der Waals surface area contributed by atoms with Crippen molar-refractivity contribution in [3.05, 3.63) is 40.6 Å². The molecule has 2 aromatic rings. The number of hydrogen-bond donors (Lipinski definition) is 2. The van der Waals surface area contributed by atoms with E-state index in [1.807, 2.05) is 13.2 Å². The Morgan fingerprint density at radius 3 is 2.86 bits per heavy atom. The second kappa shape index (κ2) is 6.73. The molecule has 1 aromatic heterocycles. The van der Waals surface area contributed by atoms with E-state index in [-0.39, 0.29) is 23.6 Å². The van der Waals surface area contributed by atoms with Crippen LogP contribution < -0.4 is 5.32 Å². The van der Waals surface area contributed by atoms with Gasteiger partial charge in [-0.25, -0.2) is 0 Å². The molecule has 0 fully saturated rings. The maximum atomic E-state index is 11.4. The summed E-state index contributed by atoms with van der Waals surface area (Å²) < 4.78 is 0. The van der Waals surface area contributed by atoms with E-state index in [0.717, 1.165) is 0 Å². The van der Waals surface area contributed by atoms with Crippen molar-refractivity contribution in [1.29, 1.82) is 0 Å². The van der Waals surface area contributed by atoms with Crippen LogP contribution in [0, 0.1) is 10.1 Å². The van der Waals surface area contributed by atoms with E-state index >= 15 is 0 Å². The number of nitrogens with one attached hydrogen (secondary N) is 1. The zero-order valence-corrected chi connectivity index (χ0v) is 12.6. The number of aromatic nitrogens is 1. The summed E-state index contributed by atoms with van der Waals surface area (Å²) in [5.41, 5.74) is 1.05. The molecule has 112 valence electrons. The molecule has 2 N–H and O–H groups in total. The average molecular weight is 307 g/mol. The van der Waals surface area contributed by atoms with Crippen LogP contribution in [-0.4, -0.2) is 39.2 Å². The van der Waals surface area contributed by atoms with Gasteiger partial charge in [-0.05, 0) is 37.4 Å². The predicted octanol–water partition coefficient (Wildman–Crippen LogP) is 2.67. The fourth-order valence-corrected chi connectivity index (χ4v) is 2.85. The van der Waals surface area contributed by atoms with Gasteiger partial charge >= 0.3 is 5.69 Å². The molecule has 0 aliphatic carbocycles. The minimum atomic E-state index is -0.397. The van der Waals surface area contributed by atoms with Gasteiger partial charge in [-0.3, -0.25) is 15.1 Å². The predicted molar refractivity (Wildman–Crippen MR) is 85.9 cm³/mol. The van der Waals surface area contributed by atoms with E-state index in [4.69, 9.17) is 0 Å². The van der Waals surface area contributed by atoms with Crippen LogP contribution in [0.25, 0.3) is 10.9 Å². The van der Waals surface area contributed by atoms with Crippen molar-refractivity contribution in [2.24, 2.45) is 0 Å². The number of rotatable bonds is 6. The van der Waals surface area contributed by atoms with Crippen molar-refractivity contribution in [2.45, 2.75) is 18.2 Å². The number of aliphatic hydroxyl groups excluding tert-OH is 1. The molecule has 1 aromatic carbocycles. The zero-order chi connectivity index (χ0) is 15.4. The van der Waals surface area contributed by atoms with E-state index in [9.17, 15) is 15.2 Å². The lowest BCUT2D eigenvalue weighted by molar-refractivity contribution is -0.382. The van der Waals surface area contributed by atoms with Gasteiger partial charge in [0.1, 0.15) is 5.69 Å². The Kier molecular flexibility index (Phi) is 4.98. The van der Waals surface area contributed by atoms with E-state index < -0.39 is 4.92 Å². The third-order valence-corrected chi connectivity index (χ3v) is 4.53. The van der Waals surface area contributed by atoms with Crippen molar-refractivity contribution in [3.8, 4) is 0 Å². The fourth-order valence-electron chi connectivity index (χ4n) is 2.23. The molecule has 0 aliphatic heterocycles. The summed E-state index contributed by atoms with van der Waals surface area (Å²) >= 11 is 1.52. The number of pyridine rings is 1. The fraction of sp³-hybridized carbons (Fsp3) is 0.357. The summed E-state index contributed by atoms with van der Waals surface area (Å²) in [5, 5.41) is 24.3. The highest BCUT2D eigenvalue weighted by Gasteiger charge is 2.22. The highest BCUT2D eigenvalue weighted by atomic mass is 32.2. The van der Waals surface area contributed by atoms with Crippen LogP contribution in [-0.2, 0) is 0 Å². The number of anilines is 1. The van der Waals surface area contributed by atoms with Crippen molar-refractivity contribution in [3.63, 3.8) is 0 Å². The molecule has 2 atom stereocenters. The number of fused-ring (bicyclic) bond motifs is 1. The lowest BCUT2D eigenvalue weighted by Crippen LogP contribution is -2.31. The van der Waals surface area contributed by atoms with Gasteiger partial charge in [-0.15, -0.1) is 0 Å². The van der Waals surface area contributed by atoms with Crippen LogP contribution in [0.15, 0.2) is 30.5 Å². The molecule has 0 saturated heterocycles.